The molecule has 0 radical (unpaired) electrons. The number of carboxylic acid groups (broad SMARTS) is 2. The van der Waals surface area contributed by atoms with Crippen LogP contribution in [0.25, 0.3) is 0 Å². The summed E-state index contributed by atoms with van der Waals surface area (Å²) in [6.07, 6.45) is -5.63. The number of thiol groups is 1. The van der Waals surface area contributed by atoms with Crippen LogP contribution < -0.4 is 16.0 Å². The molecule has 0 aliphatic rings. The molecule has 0 aliphatic heterocycles. The lowest BCUT2D eigenvalue weighted by molar-refractivity contribution is -0.168. The maximum atomic E-state index is 13.5. The third-order valence-corrected chi connectivity index (χ3v) is 6.98. The molecule has 0 saturated carbocycles. The summed E-state index contributed by atoms with van der Waals surface area (Å²) in [5.74, 6) is -9.03. The molecule has 6 atom stereocenters. The van der Waals surface area contributed by atoms with Gasteiger partial charge in [-0.15, -0.1) is 0 Å². The molecule has 1 rings (SSSR count). The minimum atomic E-state index is -1.65. The van der Waals surface area contributed by atoms with Crippen LogP contribution in [0.3, 0.4) is 0 Å². The highest BCUT2D eigenvalue weighted by Gasteiger charge is 2.39. The van der Waals surface area contributed by atoms with Crippen LogP contribution >= 0.6 is 12.6 Å². The summed E-state index contributed by atoms with van der Waals surface area (Å²) in [5, 5.41) is 35.8. The number of carbonyl (C=O) groups excluding carboxylic acids is 5. The van der Waals surface area contributed by atoms with Crippen molar-refractivity contribution in [1.29, 1.82) is 0 Å². The molecule has 0 unspecified atom stereocenters. The number of nitrogens with one attached hydrogen (secondary N) is 3. The van der Waals surface area contributed by atoms with Gasteiger partial charge in [0, 0.05) is 5.75 Å². The molecule has 256 valence electrons. The monoisotopic (exact) mass is 669 g/mol. The minimum absolute atomic E-state index is 0.161. The zero-order valence-corrected chi connectivity index (χ0v) is 27.2. The number of hydrogen-bond acceptors (Lipinski definition) is 11. The Balaban J connectivity index is 3.26. The number of aliphatic hydroxyl groups is 1. The average molecular weight is 670 g/mol. The van der Waals surface area contributed by atoms with Crippen molar-refractivity contribution in [2.24, 2.45) is 11.8 Å². The largest absolute Gasteiger partial charge is 0.481 e. The zero-order valence-electron chi connectivity index (χ0n) is 26.3. The Bertz CT molecular complexity index is 1230. The Morgan fingerprint density at radius 1 is 0.783 bits per heavy atom. The van der Waals surface area contributed by atoms with Crippen molar-refractivity contribution in [1.82, 2.24) is 16.0 Å². The van der Waals surface area contributed by atoms with Gasteiger partial charge in [-0.1, -0.05) is 58.0 Å². The highest BCUT2D eigenvalue weighted by Crippen LogP contribution is 2.15. The van der Waals surface area contributed by atoms with Crippen LogP contribution in [0.2, 0.25) is 0 Å². The van der Waals surface area contributed by atoms with E-state index >= 15 is 0 Å². The average Bonchev–Trinajstić information content (AvgIpc) is 2.98. The second-order valence-electron chi connectivity index (χ2n) is 11.2. The highest BCUT2D eigenvalue weighted by molar-refractivity contribution is 7.80. The predicted molar refractivity (Wildman–Crippen MR) is 165 cm³/mol. The van der Waals surface area contributed by atoms with Gasteiger partial charge in [0.05, 0.1) is 25.4 Å². The van der Waals surface area contributed by atoms with Crippen LogP contribution in [0.5, 0.6) is 0 Å². The predicted octanol–water partition coefficient (Wildman–Crippen LogP) is 0.0791. The van der Waals surface area contributed by atoms with Crippen LogP contribution in [0.1, 0.15) is 53.0 Å². The Labute approximate surface area is 272 Å². The molecule has 15 nitrogen and oxygen atoms in total. The topological polar surface area (TPSA) is 235 Å². The number of hydrogen-bond donors (Lipinski definition) is 7. The number of carbonyl (C=O) groups is 7. The van der Waals surface area contributed by atoms with E-state index in [1.807, 2.05) is 0 Å². The van der Waals surface area contributed by atoms with Gasteiger partial charge in [-0.05, 0) is 24.3 Å². The summed E-state index contributed by atoms with van der Waals surface area (Å²) in [6.45, 7) is 7.44. The number of ether oxygens (including phenoxy) is 2. The first-order valence-electron chi connectivity index (χ1n) is 14.6. The minimum Gasteiger partial charge on any atom is -0.481 e. The molecule has 0 fully saturated rings. The Morgan fingerprint density at radius 2 is 1.39 bits per heavy atom. The van der Waals surface area contributed by atoms with Crippen LogP contribution in [-0.4, -0.2) is 99.1 Å². The number of benzene rings is 1. The van der Waals surface area contributed by atoms with Crippen LogP contribution in [-0.2, 0) is 49.5 Å². The van der Waals surface area contributed by atoms with E-state index < -0.39 is 103 Å². The fraction of sp³-hybridized carbons (Fsp3) is 0.567. The van der Waals surface area contributed by atoms with E-state index in [0.29, 0.717) is 5.56 Å². The van der Waals surface area contributed by atoms with Crippen molar-refractivity contribution < 1.29 is 58.4 Å². The molecule has 6 N–H and O–H groups in total. The highest BCUT2D eigenvalue weighted by atomic mass is 32.1. The maximum Gasteiger partial charge on any atom is 0.333 e. The smallest absolute Gasteiger partial charge is 0.333 e. The maximum absolute atomic E-state index is 13.5. The molecule has 16 heteroatoms. The first-order valence-corrected chi connectivity index (χ1v) is 15.2. The first-order chi connectivity index (χ1) is 21.5. The molecular weight excluding hydrogens is 626 g/mol. The second-order valence-corrected chi connectivity index (χ2v) is 11.6. The van der Waals surface area contributed by atoms with Crippen LogP contribution in [0.15, 0.2) is 30.3 Å². The summed E-state index contributed by atoms with van der Waals surface area (Å²) in [6, 6.07) is 3.80. The molecule has 0 spiro atoms. The van der Waals surface area contributed by atoms with Gasteiger partial charge < -0.3 is 40.7 Å². The third kappa shape index (κ3) is 13.4. The molecule has 1 aromatic rings. The summed E-state index contributed by atoms with van der Waals surface area (Å²) < 4.78 is 10.7. The number of aliphatic hydroxyl groups excluding tert-OH is 1. The summed E-state index contributed by atoms with van der Waals surface area (Å²) in [4.78, 5) is 87.2. The third-order valence-electron chi connectivity index (χ3n) is 6.62. The van der Waals surface area contributed by atoms with Gasteiger partial charge >= 0.3 is 23.9 Å². The van der Waals surface area contributed by atoms with Crippen molar-refractivity contribution >= 4 is 54.2 Å². The summed E-state index contributed by atoms with van der Waals surface area (Å²) in [5.41, 5.74) is 0.605. The van der Waals surface area contributed by atoms with E-state index in [1.165, 1.54) is 20.8 Å². The quantitative estimate of drug-likeness (QED) is 0.0766. The van der Waals surface area contributed by atoms with Gasteiger partial charge in [0.25, 0.3) is 5.91 Å². The van der Waals surface area contributed by atoms with Crippen LogP contribution in [0.4, 0.5) is 0 Å². The number of esters is 2. The molecule has 0 bridgehead atoms. The van der Waals surface area contributed by atoms with Gasteiger partial charge in [0.15, 0.2) is 12.1 Å². The molecule has 0 aromatic heterocycles. The number of amides is 3. The zero-order chi connectivity index (χ0) is 35.1. The van der Waals surface area contributed by atoms with Gasteiger partial charge in [0.1, 0.15) is 18.2 Å². The Hall–Kier alpha value is -4.18. The molecular formula is C30H43N3O12S. The van der Waals surface area contributed by atoms with Crippen molar-refractivity contribution in [2.75, 3.05) is 5.75 Å². The lowest BCUT2D eigenvalue weighted by Crippen LogP contribution is -2.60. The summed E-state index contributed by atoms with van der Waals surface area (Å²) in [7, 11) is 0. The molecule has 3 amide bonds. The van der Waals surface area contributed by atoms with Gasteiger partial charge in [-0.25, -0.2) is 9.59 Å². The van der Waals surface area contributed by atoms with Crippen LogP contribution in [0, 0.1) is 11.8 Å². The van der Waals surface area contributed by atoms with Crippen molar-refractivity contribution in [2.45, 2.75) is 90.3 Å². The summed E-state index contributed by atoms with van der Waals surface area (Å²) >= 11 is 3.90. The lowest BCUT2D eigenvalue weighted by atomic mass is 9.97. The Kier molecular flexibility index (Phi) is 16.8. The second kappa shape index (κ2) is 19.4. The van der Waals surface area contributed by atoms with Gasteiger partial charge in [0.2, 0.25) is 11.8 Å². The standard InChI is InChI=1S/C30H43N3O12S/c1-15(2)25(38)24(27(39)31-19(14-46)29(41)42)33-28(40)26(16(3)4)45-30(43)23(17(5)44-22(37)12-11-21(35)36)32-20(34)13-18-9-7-6-8-10-18/h6-10,15-17,19,23-26,38,46H,11-14H2,1-5H3,(H,31,39)(H,32,34)(H,33,40)(H,35,36)(H,41,42)/t17-,19-,23+,24-,25+,26-/m0/s1. The van der Waals surface area contributed by atoms with E-state index in [-0.39, 0.29) is 12.2 Å². The fourth-order valence-corrected chi connectivity index (χ4v) is 4.23. The van der Waals surface area contributed by atoms with E-state index in [1.54, 1.807) is 44.2 Å². The molecule has 0 saturated heterocycles. The SMILES string of the molecule is CC(C)[C@H](OC(=O)[C@H](NC(=O)Cc1ccccc1)[C@H](C)OC(=O)CCC(=O)O)C(=O)N[C@H](C(=O)N[C@@H](CS)C(=O)O)[C@H](O)C(C)C. The fourth-order valence-electron chi connectivity index (χ4n) is 3.98. The van der Waals surface area contributed by atoms with Gasteiger partial charge in [-0.3, -0.25) is 24.0 Å². The first kappa shape index (κ1) is 39.8. The normalized spacial score (nSPS) is 15.0. The van der Waals surface area contributed by atoms with Crippen molar-refractivity contribution in [3.63, 3.8) is 0 Å². The molecule has 46 heavy (non-hydrogen) atoms. The van der Waals surface area contributed by atoms with Crippen molar-refractivity contribution in [3.8, 4) is 0 Å². The molecule has 0 aliphatic carbocycles. The number of rotatable bonds is 19. The number of carboxylic acids is 2. The van der Waals surface area contributed by atoms with Gasteiger partial charge in [-0.2, -0.15) is 12.6 Å². The van der Waals surface area contributed by atoms with E-state index in [4.69, 9.17) is 14.6 Å². The number of aliphatic carboxylic acids is 2. The van der Waals surface area contributed by atoms with E-state index in [0.717, 1.165) is 0 Å². The molecule has 1 aromatic carbocycles. The van der Waals surface area contributed by atoms with E-state index in [2.05, 4.69) is 28.6 Å². The lowest BCUT2D eigenvalue weighted by Gasteiger charge is -2.30. The Morgan fingerprint density at radius 3 is 1.89 bits per heavy atom. The van der Waals surface area contributed by atoms with Crippen molar-refractivity contribution in [3.05, 3.63) is 35.9 Å². The van der Waals surface area contributed by atoms with E-state index in [9.17, 15) is 43.8 Å². The molecule has 0 heterocycles.